The highest BCUT2D eigenvalue weighted by Crippen LogP contribution is 2.17. The summed E-state index contributed by atoms with van der Waals surface area (Å²) >= 11 is 5.21. The summed E-state index contributed by atoms with van der Waals surface area (Å²) in [7, 11) is 0. The van der Waals surface area contributed by atoms with Gasteiger partial charge in [-0.15, -0.1) is 0 Å². The number of nitrogens with zero attached hydrogens (tertiary/aromatic N) is 2. The third kappa shape index (κ3) is 5.18. The van der Waals surface area contributed by atoms with Crippen LogP contribution < -0.4 is 10.9 Å². The third-order valence-corrected chi connectivity index (χ3v) is 4.60. The van der Waals surface area contributed by atoms with E-state index in [4.69, 9.17) is 0 Å². The molecule has 0 radical (unpaired) electrons. The van der Waals surface area contributed by atoms with Gasteiger partial charge in [0.15, 0.2) is 0 Å². The molecule has 0 bridgehead atoms. The first-order valence-corrected chi connectivity index (χ1v) is 8.56. The molecule has 0 saturated carbocycles. The molecule has 1 aromatic heterocycles. The highest BCUT2D eigenvalue weighted by atomic mass is 79.9. The molecule has 0 saturated heterocycles. The fraction of sp³-hybridized carbons (Fsp3) is 0.692. The topological polar surface area (TPSA) is 46.9 Å². The lowest BCUT2D eigenvalue weighted by Crippen LogP contribution is -2.26. The Morgan fingerprint density at radius 1 is 1.47 bits per heavy atom. The first-order chi connectivity index (χ1) is 8.95. The zero-order chi connectivity index (χ0) is 14.4. The normalized spacial score (nSPS) is 12.7. The zero-order valence-electron chi connectivity index (χ0n) is 11.9. The molecule has 108 valence electrons. The van der Waals surface area contributed by atoms with Gasteiger partial charge in [0.2, 0.25) is 0 Å². The van der Waals surface area contributed by atoms with Crippen LogP contribution in [0.5, 0.6) is 0 Å². The Kier molecular flexibility index (Phi) is 6.93. The molecule has 1 aromatic rings. The van der Waals surface area contributed by atoms with E-state index in [0.29, 0.717) is 22.2 Å². The average molecular weight is 348 g/mol. The standard InChI is InChI=1S/C13H22BrN3OS/c1-9(2)8-17-13(18)12(14)11(7-16-17)15-6-5-10(3)19-4/h7,9-10,15H,5-6,8H2,1-4H3. The van der Waals surface area contributed by atoms with E-state index in [1.165, 1.54) is 4.68 Å². The van der Waals surface area contributed by atoms with Crippen LogP contribution in [0, 0.1) is 5.92 Å². The number of halogens is 1. The molecule has 6 heteroatoms. The third-order valence-electron chi connectivity index (χ3n) is 2.79. The van der Waals surface area contributed by atoms with Gasteiger partial charge in [0, 0.05) is 18.3 Å². The van der Waals surface area contributed by atoms with E-state index in [-0.39, 0.29) is 5.56 Å². The Morgan fingerprint density at radius 2 is 2.16 bits per heavy atom. The van der Waals surface area contributed by atoms with Gasteiger partial charge < -0.3 is 5.32 Å². The van der Waals surface area contributed by atoms with E-state index in [9.17, 15) is 4.79 Å². The molecule has 0 spiro atoms. The molecule has 0 aliphatic heterocycles. The quantitative estimate of drug-likeness (QED) is 0.822. The Labute approximate surface area is 127 Å². The molecule has 0 fully saturated rings. The van der Waals surface area contributed by atoms with E-state index in [1.54, 1.807) is 6.20 Å². The highest BCUT2D eigenvalue weighted by molar-refractivity contribution is 9.10. The minimum atomic E-state index is -0.0726. The molecule has 0 aliphatic rings. The van der Waals surface area contributed by atoms with Crippen molar-refractivity contribution in [2.45, 2.75) is 39.0 Å². The molecule has 19 heavy (non-hydrogen) atoms. The van der Waals surface area contributed by atoms with Gasteiger partial charge in [0.05, 0.1) is 11.9 Å². The SMILES string of the molecule is CSC(C)CCNc1cnn(CC(C)C)c(=O)c1Br. The van der Waals surface area contributed by atoms with Gasteiger partial charge >= 0.3 is 0 Å². The van der Waals surface area contributed by atoms with Crippen LogP contribution in [0.25, 0.3) is 0 Å². The summed E-state index contributed by atoms with van der Waals surface area (Å²) in [6, 6.07) is 0. The second-order valence-corrected chi connectivity index (χ2v) is 7.08. The fourth-order valence-electron chi connectivity index (χ4n) is 1.59. The van der Waals surface area contributed by atoms with Crippen LogP contribution in [0.3, 0.4) is 0 Å². The highest BCUT2D eigenvalue weighted by Gasteiger charge is 2.09. The fourth-order valence-corrected chi connectivity index (χ4v) is 2.39. The maximum atomic E-state index is 12.1. The van der Waals surface area contributed by atoms with E-state index in [1.807, 2.05) is 11.8 Å². The molecule has 1 unspecified atom stereocenters. The van der Waals surface area contributed by atoms with Crippen LogP contribution in [0.4, 0.5) is 5.69 Å². The predicted octanol–water partition coefficient (Wildman–Crippen LogP) is 3.22. The number of hydrogen-bond donors (Lipinski definition) is 1. The molecule has 1 rings (SSSR count). The molecule has 1 heterocycles. The van der Waals surface area contributed by atoms with Crippen LogP contribution in [0.1, 0.15) is 27.2 Å². The Hall–Kier alpha value is -0.490. The van der Waals surface area contributed by atoms with Gasteiger partial charge in [0.25, 0.3) is 5.56 Å². The lowest BCUT2D eigenvalue weighted by Gasteiger charge is -2.13. The Balaban J connectivity index is 2.71. The second-order valence-electron chi connectivity index (χ2n) is 5.02. The lowest BCUT2D eigenvalue weighted by molar-refractivity contribution is 0.462. The number of aromatic nitrogens is 2. The van der Waals surface area contributed by atoms with Gasteiger partial charge in [-0.25, -0.2) is 4.68 Å². The van der Waals surface area contributed by atoms with Gasteiger partial charge in [-0.05, 0) is 34.5 Å². The van der Waals surface area contributed by atoms with Crippen molar-refractivity contribution in [1.82, 2.24) is 9.78 Å². The van der Waals surface area contributed by atoms with Crippen molar-refractivity contribution in [3.05, 3.63) is 21.0 Å². The van der Waals surface area contributed by atoms with E-state index >= 15 is 0 Å². The smallest absolute Gasteiger partial charge is 0.283 e. The van der Waals surface area contributed by atoms with Crippen LogP contribution in [0.15, 0.2) is 15.5 Å². The van der Waals surface area contributed by atoms with Crippen LogP contribution in [-0.4, -0.2) is 27.8 Å². The number of nitrogens with one attached hydrogen (secondary N) is 1. The number of rotatable bonds is 7. The molecular formula is C13H22BrN3OS. The van der Waals surface area contributed by atoms with Crippen LogP contribution in [-0.2, 0) is 6.54 Å². The Morgan fingerprint density at radius 3 is 2.74 bits per heavy atom. The number of anilines is 1. The summed E-state index contributed by atoms with van der Waals surface area (Å²) in [6.45, 7) is 7.81. The zero-order valence-corrected chi connectivity index (χ0v) is 14.3. The van der Waals surface area contributed by atoms with Gasteiger partial charge in [0.1, 0.15) is 4.47 Å². The monoisotopic (exact) mass is 347 g/mol. The minimum absolute atomic E-state index is 0.0726. The van der Waals surface area contributed by atoms with Gasteiger partial charge in [-0.2, -0.15) is 16.9 Å². The molecule has 1 atom stereocenters. The second kappa shape index (κ2) is 7.94. The number of thioether (sulfide) groups is 1. The average Bonchev–Trinajstić information content (AvgIpc) is 2.37. The molecule has 1 N–H and O–H groups in total. The Bertz CT molecular complexity index is 462. The number of hydrogen-bond acceptors (Lipinski definition) is 4. The van der Waals surface area contributed by atoms with Crippen molar-refractivity contribution >= 4 is 33.4 Å². The van der Waals surface area contributed by atoms with E-state index < -0.39 is 0 Å². The largest absolute Gasteiger partial charge is 0.383 e. The summed E-state index contributed by atoms with van der Waals surface area (Å²) < 4.78 is 2.07. The van der Waals surface area contributed by atoms with Crippen molar-refractivity contribution in [2.75, 3.05) is 18.1 Å². The predicted molar refractivity (Wildman–Crippen MR) is 87.1 cm³/mol. The lowest BCUT2D eigenvalue weighted by atomic mass is 10.2. The van der Waals surface area contributed by atoms with Crippen molar-refractivity contribution in [3.63, 3.8) is 0 Å². The van der Waals surface area contributed by atoms with E-state index in [0.717, 1.165) is 18.7 Å². The van der Waals surface area contributed by atoms with Crippen molar-refractivity contribution in [1.29, 1.82) is 0 Å². The minimum Gasteiger partial charge on any atom is -0.383 e. The molecule has 0 amide bonds. The van der Waals surface area contributed by atoms with Crippen LogP contribution in [0.2, 0.25) is 0 Å². The molecule has 0 aliphatic carbocycles. The molecular weight excluding hydrogens is 326 g/mol. The van der Waals surface area contributed by atoms with Crippen molar-refractivity contribution in [2.24, 2.45) is 5.92 Å². The van der Waals surface area contributed by atoms with Crippen molar-refractivity contribution in [3.8, 4) is 0 Å². The van der Waals surface area contributed by atoms with E-state index in [2.05, 4.69) is 53.4 Å². The van der Waals surface area contributed by atoms with Gasteiger partial charge in [-0.3, -0.25) is 4.79 Å². The maximum Gasteiger partial charge on any atom is 0.283 e. The summed E-state index contributed by atoms with van der Waals surface area (Å²) in [6.07, 6.45) is 4.88. The molecule has 0 aromatic carbocycles. The summed E-state index contributed by atoms with van der Waals surface area (Å²) in [5, 5.41) is 8.08. The van der Waals surface area contributed by atoms with Crippen LogP contribution >= 0.6 is 27.7 Å². The summed E-state index contributed by atoms with van der Waals surface area (Å²) in [5.41, 5.74) is 0.704. The van der Waals surface area contributed by atoms with Gasteiger partial charge in [-0.1, -0.05) is 20.8 Å². The molecule has 4 nitrogen and oxygen atoms in total. The first kappa shape index (κ1) is 16.6. The summed E-state index contributed by atoms with van der Waals surface area (Å²) in [5.74, 6) is 0.401. The first-order valence-electron chi connectivity index (χ1n) is 6.48. The maximum absolute atomic E-state index is 12.1. The summed E-state index contributed by atoms with van der Waals surface area (Å²) in [4.78, 5) is 12.1. The van der Waals surface area contributed by atoms with Crippen molar-refractivity contribution < 1.29 is 0 Å².